The topological polar surface area (TPSA) is 58.6 Å². The van der Waals surface area contributed by atoms with Crippen molar-refractivity contribution in [1.82, 2.24) is 10.2 Å². The first kappa shape index (κ1) is 22.0. The van der Waals surface area contributed by atoms with Crippen molar-refractivity contribution < 1.29 is 14.3 Å². The van der Waals surface area contributed by atoms with Crippen molar-refractivity contribution in [1.29, 1.82) is 0 Å². The first-order chi connectivity index (χ1) is 13.3. The number of rotatable bonds is 8. The molecule has 2 amide bonds. The summed E-state index contributed by atoms with van der Waals surface area (Å²) in [6.45, 7) is 6.09. The molecule has 28 heavy (non-hydrogen) atoms. The summed E-state index contributed by atoms with van der Waals surface area (Å²) in [6.07, 6.45) is 0. The molecule has 2 rings (SSSR count). The maximum Gasteiger partial charge on any atom is 0.261 e. The summed E-state index contributed by atoms with van der Waals surface area (Å²) < 4.78 is 6.79. The summed E-state index contributed by atoms with van der Waals surface area (Å²) in [6, 6.07) is 14.8. The number of hydrogen-bond acceptors (Lipinski definition) is 3. The molecule has 0 aliphatic rings. The molecule has 0 saturated heterocycles. The van der Waals surface area contributed by atoms with Gasteiger partial charge >= 0.3 is 0 Å². The minimum absolute atomic E-state index is 0.123. The number of ether oxygens (including phenoxy) is 1. The molecular formula is C22H27BrN2O3. The van der Waals surface area contributed by atoms with Gasteiger partial charge in [-0.25, -0.2) is 0 Å². The van der Waals surface area contributed by atoms with Crippen LogP contribution in [-0.4, -0.2) is 36.4 Å². The van der Waals surface area contributed by atoms with Gasteiger partial charge in [0.2, 0.25) is 5.91 Å². The highest BCUT2D eigenvalue weighted by Gasteiger charge is 2.26. The Kier molecular flexibility index (Phi) is 8.05. The number of nitrogens with one attached hydrogen (secondary N) is 1. The third kappa shape index (κ3) is 5.83. The fourth-order valence-electron chi connectivity index (χ4n) is 2.89. The van der Waals surface area contributed by atoms with Crippen LogP contribution in [0.1, 0.15) is 37.8 Å². The van der Waals surface area contributed by atoms with E-state index in [-0.39, 0.29) is 24.3 Å². The molecule has 1 atom stereocenters. The van der Waals surface area contributed by atoms with Crippen molar-refractivity contribution in [2.75, 3.05) is 13.7 Å². The lowest BCUT2D eigenvalue weighted by molar-refractivity contribution is -0.142. The highest BCUT2D eigenvalue weighted by molar-refractivity contribution is 9.10. The van der Waals surface area contributed by atoms with Gasteiger partial charge in [-0.15, -0.1) is 0 Å². The smallest absolute Gasteiger partial charge is 0.261 e. The molecule has 0 radical (unpaired) electrons. The van der Waals surface area contributed by atoms with E-state index in [1.807, 2.05) is 48.5 Å². The summed E-state index contributed by atoms with van der Waals surface area (Å²) >= 11 is 3.41. The van der Waals surface area contributed by atoms with E-state index in [4.69, 9.17) is 4.74 Å². The van der Waals surface area contributed by atoms with Gasteiger partial charge in [-0.2, -0.15) is 0 Å². The molecule has 0 bridgehead atoms. The minimum atomic E-state index is -0.606. The number of benzene rings is 2. The predicted molar refractivity (Wildman–Crippen MR) is 114 cm³/mol. The summed E-state index contributed by atoms with van der Waals surface area (Å²) in [5.74, 6) is 0.530. The molecule has 2 aromatic carbocycles. The average molecular weight is 447 g/mol. The Morgan fingerprint density at radius 2 is 1.71 bits per heavy atom. The van der Waals surface area contributed by atoms with Gasteiger partial charge in [0.15, 0.2) is 6.61 Å². The van der Waals surface area contributed by atoms with E-state index in [9.17, 15) is 9.59 Å². The molecule has 0 spiro atoms. The van der Waals surface area contributed by atoms with E-state index >= 15 is 0 Å². The van der Waals surface area contributed by atoms with Gasteiger partial charge in [0.25, 0.3) is 5.91 Å². The Bertz CT molecular complexity index is 806. The second-order valence-corrected chi connectivity index (χ2v) is 7.84. The lowest BCUT2D eigenvalue weighted by atomic mass is 10.0. The number of likely N-dealkylation sites (N-methyl/N-ethyl adjacent to an activating group) is 1. The van der Waals surface area contributed by atoms with Crippen molar-refractivity contribution >= 4 is 27.7 Å². The summed E-state index contributed by atoms with van der Waals surface area (Å²) in [7, 11) is 1.57. The van der Waals surface area contributed by atoms with Gasteiger partial charge in [-0.05, 0) is 42.2 Å². The quantitative estimate of drug-likeness (QED) is 0.663. The Morgan fingerprint density at radius 3 is 2.32 bits per heavy atom. The molecule has 150 valence electrons. The van der Waals surface area contributed by atoms with Gasteiger partial charge in [0, 0.05) is 18.1 Å². The molecule has 0 aliphatic heterocycles. The fourth-order valence-corrected chi connectivity index (χ4v) is 3.15. The van der Waals surface area contributed by atoms with Crippen molar-refractivity contribution in [3.63, 3.8) is 0 Å². The molecule has 6 heteroatoms. The minimum Gasteiger partial charge on any atom is -0.483 e. The maximum atomic E-state index is 12.9. The zero-order chi connectivity index (χ0) is 20.7. The molecule has 1 N–H and O–H groups in total. The normalized spacial score (nSPS) is 11.8. The van der Waals surface area contributed by atoms with Crippen LogP contribution in [0, 0.1) is 0 Å². The molecule has 0 aliphatic carbocycles. The fraction of sp³-hybridized carbons (Fsp3) is 0.364. The number of hydrogen-bond donors (Lipinski definition) is 1. The van der Waals surface area contributed by atoms with Crippen molar-refractivity contribution in [3.8, 4) is 5.75 Å². The standard InChI is InChI=1S/C22H27BrN2O3/c1-15(2)19-7-5-6-8-20(19)28-14-21(26)25(16(3)22(27)24-4)13-17-9-11-18(23)12-10-17/h5-12,15-16H,13-14H2,1-4H3,(H,24,27). The van der Waals surface area contributed by atoms with E-state index < -0.39 is 6.04 Å². The molecule has 5 nitrogen and oxygen atoms in total. The van der Waals surface area contributed by atoms with E-state index in [1.165, 1.54) is 0 Å². The molecule has 0 saturated carbocycles. The number of nitrogens with zero attached hydrogens (tertiary/aromatic N) is 1. The zero-order valence-corrected chi connectivity index (χ0v) is 18.3. The van der Waals surface area contributed by atoms with Crippen LogP contribution in [0.2, 0.25) is 0 Å². The lowest BCUT2D eigenvalue weighted by Crippen LogP contribution is -2.48. The van der Waals surface area contributed by atoms with Crippen molar-refractivity contribution in [3.05, 3.63) is 64.1 Å². The number of carbonyl (C=O) groups is 2. The van der Waals surface area contributed by atoms with E-state index in [2.05, 4.69) is 35.1 Å². The number of amides is 2. The molecule has 0 heterocycles. The van der Waals surface area contributed by atoms with E-state index in [0.717, 1.165) is 15.6 Å². The largest absolute Gasteiger partial charge is 0.483 e. The van der Waals surface area contributed by atoms with Gasteiger partial charge in [0.05, 0.1) is 0 Å². The Hall–Kier alpha value is -2.34. The number of para-hydroxylation sites is 1. The Morgan fingerprint density at radius 1 is 1.07 bits per heavy atom. The van der Waals surface area contributed by atoms with Gasteiger partial charge in [0.1, 0.15) is 11.8 Å². The van der Waals surface area contributed by atoms with Crippen LogP contribution in [-0.2, 0) is 16.1 Å². The highest BCUT2D eigenvalue weighted by Crippen LogP contribution is 2.26. The summed E-state index contributed by atoms with van der Waals surface area (Å²) in [5, 5.41) is 2.61. The van der Waals surface area contributed by atoms with Crippen LogP contribution >= 0.6 is 15.9 Å². The van der Waals surface area contributed by atoms with Crippen LogP contribution in [0.5, 0.6) is 5.75 Å². The first-order valence-electron chi connectivity index (χ1n) is 9.30. The molecular weight excluding hydrogens is 420 g/mol. The van der Waals surface area contributed by atoms with E-state index in [0.29, 0.717) is 12.3 Å². The Balaban J connectivity index is 2.16. The first-order valence-corrected chi connectivity index (χ1v) is 10.1. The van der Waals surface area contributed by atoms with Crippen molar-refractivity contribution in [2.45, 2.75) is 39.3 Å². The van der Waals surface area contributed by atoms with Crippen molar-refractivity contribution in [2.24, 2.45) is 0 Å². The van der Waals surface area contributed by atoms with Gasteiger partial charge in [-0.1, -0.05) is 60.1 Å². The molecule has 0 aromatic heterocycles. The average Bonchev–Trinajstić information content (AvgIpc) is 2.70. The van der Waals surface area contributed by atoms with Gasteiger partial charge in [-0.3, -0.25) is 9.59 Å². The monoisotopic (exact) mass is 446 g/mol. The summed E-state index contributed by atoms with van der Waals surface area (Å²) in [5.41, 5.74) is 1.99. The second-order valence-electron chi connectivity index (χ2n) is 6.92. The molecule has 2 aromatic rings. The van der Waals surface area contributed by atoms with Crippen LogP contribution in [0.25, 0.3) is 0 Å². The third-order valence-corrected chi connectivity index (χ3v) is 5.10. The SMILES string of the molecule is CNC(=O)C(C)N(Cc1ccc(Br)cc1)C(=O)COc1ccccc1C(C)C. The van der Waals surface area contributed by atoms with Crippen LogP contribution in [0.4, 0.5) is 0 Å². The third-order valence-electron chi connectivity index (χ3n) is 4.57. The maximum absolute atomic E-state index is 12.9. The zero-order valence-electron chi connectivity index (χ0n) is 16.7. The lowest BCUT2D eigenvalue weighted by Gasteiger charge is -2.28. The van der Waals surface area contributed by atoms with Gasteiger partial charge < -0.3 is 15.0 Å². The van der Waals surface area contributed by atoms with E-state index in [1.54, 1.807) is 18.9 Å². The summed E-state index contributed by atoms with van der Waals surface area (Å²) in [4.78, 5) is 26.7. The molecule has 0 fully saturated rings. The second kappa shape index (κ2) is 10.3. The van der Waals surface area contributed by atoms with Crippen LogP contribution < -0.4 is 10.1 Å². The van der Waals surface area contributed by atoms with Crippen LogP contribution in [0.3, 0.4) is 0 Å². The van der Waals surface area contributed by atoms with Crippen LogP contribution in [0.15, 0.2) is 53.0 Å². The Labute approximate surface area is 175 Å². The predicted octanol–water partition coefficient (Wildman–Crippen LogP) is 4.11. The highest BCUT2D eigenvalue weighted by atomic mass is 79.9. The number of carbonyl (C=O) groups excluding carboxylic acids is 2. The molecule has 1 unspecified atom stereocenters. The number of halogens is 1.